The second kappa shape index (κ2) is 6.50. The Bertz CT molecular complexity index is 441. The minimum absolute atomic E-state index is 0.108. The van der Waals surface area contributed by atoms with E-state index in [0.29, 0.717) is 0 Å². The van der Waals surface area contributed by atoms with Crippen LogP contribution in [0.2, 0.25) is 0 Å². The molecular formula is C17H24O. The molecule has 1 heteroatoms. The molecule has 0 bridgehead atoms. The maximum absolute atomic E-state index is 5.44. The lowest BCUT2D eigenvalue weighted by Crippen LogP contribution is -2.13. The Labute approximate surface area is 112 Å². The Morgan fingerprint density at radius 3 is 2.44 bits per heavy atom. The zero-order chi connectivity index (χ0) is 13.6. The molecule has 0 N–H and O–H groups in total. The van der Waals surface area contributed by atoms with Crippen molar-refractivity contribution in [1.29, 1.82) is 0 Å². The van der Waals surface area contributed by atoms with E-state index in [2.05, 4.69) is 57.7 Å². The molecule has 98 valence electrons. The summed E-state index contributed by atoms with van der Waals surface area (Å²) in [6.07, 6.45) is 2.89. The molecule has 0 aliphatic rings. The van der Waals surface area contributed by atoms with Crippen molar-refractivity contribution in [2.75, 3.05) is 7.11 Å². The summed E-state index contributed by atoms with van der Waals surface area (Å²) in [6, 6.07) is 6.47. The van der Waals surface area contributed by atoms with E-state index in [1.807, 2.05) is 0 Å². The number of benzene rings is 1. The normalized spacial score (nSPS) is 10.7. The average Bonchev–Trinajstić information content (AvgIpc) is 2.33. The Balaban J connectivity index is 2.90. The van der Waals surface area contributed by atoms with Gasteiger partial charge in [0.2, 0.25) is 0 Å². The molecule has 0 amide bonds. The molecule has 0 aliphatic heterocycles. The molecule has 0 heterocycles. The van der Waals surface area contributed by atoms with Gasteiger partial charge in [-0.05, 0) is 29.0 Å². The van der Waals surface area contributed by atoms with Gasteiger partial charge in [0.1, 0.15) is 5.75 Å². The predicted molar refractivity (Wildman–Crippen MR) is 78.1 cm³/mol. The molecule has 1 nitrogen and oxygen atoms in total. The molecule has 18 heavy (non-hydrogen) atoms. The third-order valence-electron chi connectivity index (χ3n) is 2.91. The van der Waals surface area contributed by atoms with Crippen LogP contribution in [0.15, 0.2) is 18.2 Å². The van der Waals surface area contributed by atoms with Gasteiger partial charge in [-0.25, -0.2) is 0 Å². The lowest BCUT2D eigenvalue weighted by Gasteiger charge is -2.22. The highest BCUT2D eigenvalue weighted by Crippen LogP contribution is 2.32. The molecule has 0 atom stereocenters. The second-order valence-corrected chi connectivity index (χ2v) is 5.49. The van der Waals surface area contributed by atoms with Crippen LogP contribution in [-0.2, 0) is 11.8 Å². The van der Waals surface area contributed by atoms with Crippen molar-refractivity contribution in [3.8, 4) is 17.6 Å². The van der Waals surface area contributed by atoms with Crippen LogP contribution in [0.3, 0.4) is 0 Å². The minimum Gasteiger partial charge on any atom is -0.496 e. The van der Waals surface area contributed by atoms with Crippen LogP contribution >= 0.6 is 0 Å². The molecule has 0 spiro atoms. The standard InChI is InChI=1S/C17H24O/c1-6-7-8-9-10-14-11-12-16(18-5)15(13-14)17(2,3)4/h11-13H,6,9-10H2,1-5H3. The van der Waals surface area contributed by atoms with Gasteiger partial charge < -0.3 is 4.74 Å². The van der Waals surface area contributed by atoms with E-state index < -0.39 is 0 Å². The summed E-state index contributed by atoms with van der Waals surface area (Å²) in [4.78, 5) is 0. The summed E-state index contributed by atoms with van der Waals surface area (Å²) in [7, 11) is 1.73. The van der Waals surface area contributed by atoms with Crippen LogP contribution in [0.25, 0.3) is 0 Å². The van der Waals surface area contributed by atoms with E-state index in [9.17, 15) is 0 Å². The van der Waals surface area contributed by atoms with Gasteiger partial charge in [0.15, 0.2) is 0 Å². The summed E-state index contributed by atoms with van der Waals surface area (Å²) in [5.74, 6) is 7.28. The van der Waals surface area contributed by atoms with Crippen LogP contribution in [0, 0.1) is 11.8 Å². The van der Waals surface area contributed by atoms with Gasteiger partial charge in [0.25, 0.3) is 0 Å². The molecule has 0 aromatic heterocycles. The largest absolute Gasteiger partial charge is 0.496 e. The quantitative estimate of drug-likeness (QED) is 0.719. The number of hydrogen-bond donors (Lipinski definition) is 0. The summed E-state index contributed by atoms with van der Waals surface area (Å²) in [5.41, 5.74) is 2.72. The summed E-state index contributed by atoms with van der Waals surface area (Å²) in [5, 5.41) is 0. The van der Waals surface area contributed by atoms with Gasteiger partial charge in [0, 0.05) is 12.8 Å². The zero-order valence-electron chi connectivity index (χ0n) is 12.3. The minimum atomic E-state index is 0.108. The average molecular weight is 244 g/mol. The lowest BCUT2D eigenvalue weighted by atomic mass is 9.85. The third-order valence-corrected chi connectivity index (χ3v) is 2.91. The number of aryl methyl sites for hydroxylation is 1. The van der Waals surface area contributed by atoms with Crippen LogP contribution < -0.4 is 4.74 Å². The fourth-order valence-corrected chi connectivity index (χ4v) is 1.92. The molecular weight excluding hydrogens is 220 g/mol. The zero-order valence-corrected chi connectivity index (χ0v) is 12.3. The molecule has 0 aliphatic carbocycles. The lowest BCUT2D eigenvalue weighted by molar-refractivity contribution is 0.397. The van der Waals surface area contributed by atoms with E-state index in [0.717, 1.165) is 25.0 Å². The Hall–Kier alpha value is -1.42. The molecule has 0 unspecified atom stereocenters. The summed E-state index contributed by atoms with van der Waals surface area (Å²) >= 11 is 0. The highest BCUT2D eigenvalue weighted by atomic mass is 16.5. The van der Waals surface area contributed by atoms with Crippen LogP contribution in [0.1, 0.15) is 51.7 Å². The third kappa shape index (κ3) is 4.11. The van der Waals surface area contributed by atoms with Crippen LogP contribution in [0.4, 0.5) is 0 Å². The fraction of sp³-hybridized carbons (Fsp3) is 0.529. The molecule has 0 fully saturated rings. The van der Waals surface area contributed by atoms with Crippen molar-refractivity contribution in [3.05, 3.63) is 29.3 Å². The van der Waals surface area contributed by atoms with E-state index >= 15 is 0 Å². The molecule has 0 saturated carbocycles. The van der Waals surface area contributed by atoms with Crippen LogP contribution in [0.5, 0.6) is 5.75 Å². The van der Waals surface area contributed by atoms with Gasteiger partial charge in [-0.1, -0.05) is 39.8 Å². The summed E-state index contributed by atoms with van der Waals surface area (Å²) < 4.78 is 5.44. The molecule has 0 saturated heterocycles. The van der Waals surface area contributed by atoms with Crippen molar-refractivity contribution in [2.24, 2.45) is 0 Å². The SMILES string of the molecule is CCC#CCCc1ccc(OC)c(C(C)(C)C)c1. The monoisotopic (exact) mass is 244 g/mol. The molecule has 1 aromatic rings. The highest BCUT2D eigenvalue weighted by Gasteiger charge is 2.18. The van der Waals surface area contributed by atoms with Gasteiger partial charge in [-0.15, -0.1) is 11.8 Å². The van der Waals surface area contributed by atoms with Crippen molar-refractivity contribution in [2.45, 2.75) is 52.4 Å². The number of hydrogen-bond acceptors (Lipinski definition) is 1. The van der Waals surface area contributed by atoms with Gasteiger partial charge in [0.05, 0.1) is 7.11 Å². The molecule has 1 rings (SSSR count). The predicted octanol–water partition coefficient (Wildman–Crippen LogP) is 4.34. The molecule has 0 radical (unpaired) electrons. The van der Waals surface area contributed by atoms with Crippen molar-refractivity contribution in [3.63, 3.8) is 0 Å². The van der Waals surface area contributed by atoms with Gasteiger partial charge >= 0.3 is 0 Å². The second-order valence-electron chi connectivity index (χ2n) is 5.49. The van der Waals surface area contributed by atoms with E-state index in [4.69, 9.17) is 4.74 Å². The summed E-state index contributed by atoms with van der Waals surface area (Å²) in [6.45, 7) is 8.72. The Morgan fingerprint density at radius 2 is 1.89 bits per heavy atom. The topological polar surface area (TPSA) is 9.23 Å². The number of methoxy groups -OCH3 is 1. The maximum atomic E-state index is 5.44. The Kier molecular flexibility index (Phi) is 5.28. The van der Waals surface area contributed by atoms with Crippen molar-refractivity contribution < 1.29 is 4.74 Å². The van der Waals surface area contributed by atoms with Crippen LogP contribution in [-0.4, -0.2) is 7.11 Å². The fourth-order valence-electron chi connectivity index (χ4n) is 1.92. The highest BCUT2D eigenvalue weighted by molar-refractivity contribution is 5.41. The van der Waals surface area contributed by atoms with E-state index in [-0.39, 0.29) is 5.41 Å². The number of ether oxygens (including phenoxy) is 1. The first kappa shape index (κ1) is 14.6. The first-order valence-electron chi connectivity index (χ1n) is 6.62. The first-order chi connectivity index (χ1) is 8.49. The van der Waals surface area contributed by atoms with Gasteiger partial charge in [-0.3, -0.25) is 0 Å². The Morgan fingerprint density at radius 1 is 1.17 bits per heavy atom. The first-order valence-corrected chi connectivity index (χ1v) is 6.62. The molecule has 1 aromatic carbocycles. The van der Waals surface area contributed by atoms with E-state index in [1.54, 1.807) is 7.11 Å². The van der Waals surface area contributed by atoms with Crippen molar-refractivity contribution in [1.82, 2.24) is 0 Å². The maximum Gasteiger partial charge on any atom is 0.122 e. The van der Waals surface area contributed by atoms with Gasteiger partial charge in [-0.2, -0.15) is 0 Å². The number of rotatable bonds is 3. The van der Waals surface area contributed by atoms with Crippen molar-refractivity contribution >= 4 is 0 Å². The van der Waals surface area contributed by atoms with E-state index in [1.165, 1.54) is 11.1 Å². The smallest absolute Gasteiger partial charge is 0.122 e.